The minimum atomic E-state index is -4.98. The highest BCUT2D eigenvalue weighted by Gasteiger charge is 2.33. The van der Waals surface area contributed by atoms with Gasteiger partial charge in [-0.25, -0.2) is 0 Å². The highest BCUT2D eigenvalue weighted by molar-refractivity contribution is 5.32. The summed E-state index contributed by atoms with van der Waals surface area (Å²) in [6, 6.07) is 1.14. The van der Waals surface area contributed by atoms with Crippen LogP contribution in [0.4, 0.5) is 13.2 Å². The van der Waals surface area contributed by atoms with Crippen LogP contribution in [-0.4, -0.2) is 16.5 Å². The van der Waals surface area contributed by atoms with Gasteiger partial charge in [-0.05, 0) is 6.07 Å². The van der Waals surface area contributed by atoms with Gasteiger partial charge in [-0.3, -0.25) is 4.79 Å². The molecule has 0 saturated carbocycles. The second-order valence-electron chi connectivity index (χ2n) is 2.89. The van der Waals surface area contributed by atoms with E-state index in [2.05, 4.69) is 9.72 Å². The van der Waals surface area contributed by atoms with Crippen molar-refractivity contribution in [3.63, 3.8) is 0 Å². The Kier molecular flexibility index (Phi) is 3.55. The zero-order valence-corrected chi connectivity index (χ0v) is 7.97. The maximum Gasteiger partial charge on any atom is 0.573 e. The number of nitrogens with two attached hydrogens (primary N) is 1. The van der Waals surface area contributed by atoms with E-state index in [9.17, 15) is 18.0 Å². The summed E-state index contributed by atoms with van der Waals surface area (Å²) in [6.45, 7) is -0.809. The molecule has 0 saturated heterocycles. The summed E-state index contributed by atoms with van der Waals surface area (Å²) >= 11 is 0. The first kappa shape index (κ1) is 12.5. The van der Waals surface area contributed by atoms with Gasteiger partial charge in [-0.1, -0.05) is 0 Å². The number of H-pyrrole nitrogens is 1. The van der Waals surface area contributed by atoms with E-state index in [1.165, 1.54) is 0 Å². The molecule has 16 heavy (non-hydrogen) atoms. The fourth-order valence-electron chi connectivity index (χ4n) is 1.12. The van der Waals surface area contributed by atoms with Crippen LogP contribution in [0.25, 0.3) is 0 Å². The number of rotatable bonds is 3. The number of alkyl halides is 3. The van der Waals surface area contributed by atoms with Crippen LogP contribution in [-0.2, 0) is 13.2 Å². The number of aliphatic hydroxyl groups is 1. The molecular weight excluding hydrogens is 229 g/mol. The molecule has 0 aliphatic rings. The third kappa shape index (κ3) is 2.97. The van der Waals surface area contributed by atoms with E-state index in [0.717, 1.165) is 6.07 Å². The first-order valence-electron chi connectivity index (χ1n) is 4.19. The van der Waals surface area contributed by atoms with Crippen LogP contribution in [0.1, 0.15) is 11.3 Å². The number of hydrogen-bond donors (Lipinski definition) is 3. The van der Waals surface area contributed by atoms with Crippen molar-refractivity contribution in [2.24, 2.45) is 5.73 Å². The van der Waals surface area contributed by atoms with Crippen molar-refractivity contribution in [1.29, 1.82) is 0 Å². The van der Waals surface area contributed by atoms with Gasteiger partial charge < -0.3 is 20.6 Å². The zero-order valence-electron chi connectivity index (χ0n) is 7.97. The Labute approximate surface area is 87.7 Å². The van der Waals surface area contributed by atoms with E-state index >= 15 is 0 Å². The minimum absolute atomic E-state index is 0.0610. The second-order valence-corrected chi connectivity index (χ2v) is 2.89. The van der Waals surface area contributed by atoms with Crippen molar-refractivity contribution in [3.05, 3.63) is 27.7 Å². The molecule has 1 rings (SSSR count). The molecule has 5 nitrogen and oxygen atoms in total. The molecule has 1 heterocycles. The molecule has 1 aromatic rings. The number of aromatic amines is 1. The van der Waals surface area contributed by atoms with Gasteiger partial charge in [0.15, 0.2) is 5.75 Å². The van der Waals surface area contributed by atoms with E-state index in [4.69, 9.17) is 10.8 Å². The quantitative estimate of drug-likeness (QED) is 0.703. The molecule has 0 bridgehead atoms. The summed E-state index contributed by atoms with van der Waals surface area (Å²) in [4.78, 5) is 13.3. The van der Waals surface area contributed by atoms with Crippen molar-refractivity contribution < 1.29 is 23.0 Å². The van der Waals surface area contributed by atoms with Crippen LogP contribution < -0.4 is 16.0 Å². The molecule has 0 radical (unpaired) electrons. The summed E-state index contributed by atoms with van der Waals surface area (Å²) < 4.78 is 39.3. The number of nitrogens with one attached hydrogen (secondary N) is 1. The average molecular weight is 238 g/mol. The van der Waals surface area contributed by atoms with E-state index in [-0.39, 0.29) is 17.8 Å². The maximum absolute atomic E-state index is 11.9. The number of aromatic nitrogens is 1. The Hall–Kier alpha value is -1.54. The molecule has 0 atom stereocenters. The molecule has 0 unspecified atom stereocenters. The van der Waals surface area contributed by atoms with Gasteiger partial charge >= 0.3 is 6.36 Å². The largest absolute Gasteiger partial charge is 0.573 e. The van der Waals surface area contributed by atoms with Crippen LogP contribution in [0, 0.1) is 0 Å². The monoisotopic (exact) mass is 238 g/mol. The predicted octanol–water partition coefficient (Wildman–Crippen LogP) is 0.224. The molecule has 0 fully saturated rings. The zero-order chi connectivity index (χ0) is 12.3. The Morgan fingerprint density at radius 3 is 2.56 bits per heavy atom. The van der Waals surface area contributed by atoms with Crippen LogP contribution in [0.5, 0.6) is 5.75 Å². The standard InChI is InChI=1S/C8H9F3N2O3/c9-8(10,11)16-6-4(3-14)1-5(2-12)13-7(6)15/h1,14H,2-3,12H2,(H,13,15). The molecule has 0 aliphatic heterocycles. The summed E-state index contributed by atoms with van der Waals surface area (Å²) in [5.74, 6) is -0.966. The highest BCUT2D eigenvalue weighted by atomic mass is 19.4. The molecule has 90 valence electrons. The van der Waals surface area contributed by atoms with Crippen molar-refractivity contribution in [2.45, 2.75) is 19.5 Å². The normalized spacial score (nSPS) is 11.6. The summed E-state index contributed by atoms with van der Waals surface area (Å²) in [5, 5.41) is 8.82. The van der Waals surface area contributed by atoms with Crippen molar-refractivity contribution >= 4 is 0 Å². The van der Waals surface area contributed by atoms with Gasteiger partial charge in [0.05, 0.1) is 6.61 Å². The summed E-state index contributed by atoms with van der Waals surface area (Å²) in [6.07, 6.45) is -4.98. The molecule has 0 aliphatic carbocycles. The van der Waals surface area contributed by atoms with Gasteiger partial charge in [-0.2, -0.15) is 0 Å². The van der Waals surface area contributed by atoms with Crippen molar-refractivity contribution in [2.75, 3.05) is 0 Å². The van der Waals surface area contributed by atoms with Crippen LogP contribution in [0.3, 0.4) is 0 Å². The number of ether oxygens (including phenoxy) is 1. The smallest absolute Gasteiger partial charge is 0.399 e. The Morgan fingerprint density at radius 2 is 2.12 bits per heavy atom. The highest BCUT2D eigenvalue weighted by Crippen LogP contribution is 2.23. The first-order chi connectivity index (χ1) is 7.37. The van der Waals surface area contributed by atoms with E-state index in [0.29, 0.717) is 0 Å². The second kappa shape index (κ2) is 4.54. The molecule has 8 heteroatoms. The molecule has 4 N–H and O–H groups in total. The lowest BCUT2D eigenvalue weighted by molar-refractivity contribution is -0.275. The Morgan fingerprint density at radius 1 is 1.50 bits per heavy atom. The minimum Gasteiger partial charge on any atom is -0.399 e. The third-order valence-electron chi connectivity index (χ3n) is 1.73. The summed E-state index contributed by atoms with van der Waals surface area (Å²) in [5.41, 5.74) is 4.07. The molecule has 0 amide bonds. The number of hydrogen-bond acceptors (Lipinski definition) is 4. The number of halogens is 3. The molecule has 0 spiro atoms. The number of aliphatic hydroxyl groups excluding tert-OH is 1. The van der Waals surface area contributed by atoms with Gasteiger partial charge in [0.25, 0.3) is 5.56 Å². The van der Waals surface area contributed by atoms with Crippen LogP contribution in [0.2, 0.25) is 0 Å². The lowest BCUT2D eigenvalue weighted by atomic mass is 10.2. The van der Waals surface area contributed by atoms with Crippen molar-refractivity contribution in [3.8, 4) is 5.75 Å². The average Bonchev–Trinajstić information content (AvgIpc) is 2.19. The predicted molar refractivity (Wildman–Crippen MR) is 47.6 cm³/mol. The topological polar surface area (TPSA) is 88.3 Å². The SMILES string of the molecule is NCc1cc(CO)c(OC(F)(F)F)c(=O)[nH]1. The third-order valence-corrected chi connectivity index (χ3v) is 1.73. The maximum atomic E-state index is 11.9. The fourth-order valence-corrected chi connectivity index (χ4v) is 1.12. The van der Waals surface area contributed by atoms with Crippen LogP contribution >= 0.6 is 0 Å². The van der Waals surface area contributed by atoms with Crippen LogP contribution in [0.15, 0.2) is 10.9 Å². The molecular formula is C8H9F3N2O3. The Balaban J connectivity index is 3.22. The van der Waals surface area contributed by atoms with Gasteiger partial charge in [-0.15, -0.1) is 13.2 Å². The number of pyridine rings is 1. The molecule has 1 aromatic heterocycles. The first-order valence-corrected chi connectivity index (χ1v) is 4.19. The Bertz CT molecular complexity index is 428. The van der Waals surface area contributed by atoms with Crippen molar-refractivity contribution in [1.82, 2.24) is 4.98 Å². The molecule has 0 aromatic carbocycles. The van der Waals surface area contributed by atoms with Gasteiger partial charge in [0.1, 0.15) is 0 Å². The van der Waals surface area contributed by atoms with E-state index in [1.54, 1.807) is 0 Å². The summed E-state index contributed by atoms with van der Waals surface area (Å²) in [7, 11) is 0. The van der Waals surface area contributed by atoms with E-state index in [1.807, 2.05) is 0 Å². The van der Waals surface area contributed by atoms with Gasteiger partial charge in [0.2, 0.25) is 0 Å². The fraction of sp³-hybridized carbons (Fsp3) is 0.375. The van der Waals surface area contributed by atoms with Gasteiger partial charge in [0, 0.05) is 17.8 Å². The lowest BCUT2D eigenvalue weighted by Gasteiger charge is -2.11. The van der Waals surface area contributed by atoms with E-state index < -0.39 is 24.3 Å². The lowest BCUT2D eigenvalue weighted by Crippen LogP contribution is -2.25.